The maximum atomic E-state index is 11.4. The van der Waals surface area contributed by atoms with E-state index in [1.165, 1.54) is 0 Å². The molecule has 1 N–H and O–H groups in total. The Bertz CT molecular complexity index is 599. The molecule has 0 aliphatic rings. The number of rotatable bonds is 3. The van der Waals surface area contributed by atoms with E-state index in [9.17, 15) is 4.79 Å². The van der Waals surface area contributed by atoms with E-state index in [1.807, 2.05) is 25.1 Å². The zero-order chi connectivity index (χ0) is 13.1. The first-order valence-corrected chi connectivity index (χ1v) is 5.98. The molecule has 0 atom stereocenters. The molecule has 2 aromatic rings. The Kier molecular flexibility index (Phi) is 3.67. The lowest BCUT2D eigenvalue weighted by Crippen LogP contribution is -2.13. The lowest BCUT2D eigenvalue weighted by atomic mass is 10.1. The van der Waals surface area contributed by atoms with E-state index in [-0.39, 0.29) is 11.8 Å². The summed E-state index contributed by atoms with van der Waals surface area (Å²) in [5, 5.41) is 3.63. The SMILES string of the molecule is COc1cc(NC(=O)CCl)c2nc(C)ccc2c1. The standard InChI is InChI=1S/C13H13ClN2O2/c1-8-3-4-9-5-10(18-2)6-11(13(9)15-8)16-12(17)7-14/h3-6H,7H2,1-2H3,(H,16,17). The second-order valence-electron chi connectivity index (χ2n) is 3.88. The molecule has 2 rings (SSSR count). The van der Waals surface area contributed by atoms with Gasteiger partial charge in [0.1, 0.15) is 11.6 Å². The van der Waals surface area contributed by atoms with E-state index in [1.54, 1.807) is 13.2 Å². The highest BCUT2D eigenvalue weighted by molar-refractivity contribution is 6.29. The number of fused-ring (bicyclic) bond motifs is 1. The van der Waals surface area contributed by atoms with E-state index >= 15 is 0 Å². The number of alkyl halides is 1. The second kappa shape index (κ2) is 5.23. The van der Waals surface area contributed by atoms with Crippen molar-refractivity contribution in [2.24, 2.45) is 0 Å². The highest BCUT2D eigenvalue weighted by Gasteiger charge is 2.09. The molecule has 1 aromatic heterocycles. The van der Waals surface area contributed by atoms with Crippen LogP contribution in [0.15, 0.2) is 24.3 Å². The number of carbonyl (C=O) groups is 1. The Morgan fingerprint density at radius 1 is 1.44 bits per heavy atom. The van der Waals surface area contributed by atoms with Crippen LogP contribution in [0.3, 0.4) is 0 Å². The van der Waals surface area contributed by atoms with Gasteiger partial charge in [-0.1, -0.05) is 6.07 Å². The number of nitrogens with one attached hydrogen (secondary N) is 1. The highest BCUT2D eigenvalue weighted by Crippen LogP contribution is 2.28. The summed E-state index contributed by atoms with van der Waals surface area (Å²) in [6, 6.07) is 7.46. The van der Waals surface area contributed by atoms with Crippen molar-refractivity contribution in [2.45, 2.75) is 6.92 Å². The lowest BCUT2D eigenvalue weighted by Gasteiger charge is -2.10. The normalized spacial score (nSPS) is 10.4. The van der Waals surface area contributed by atoms with E-state index in [2.05, 4.69) is 10.3 Å². The van der Waals surface area contributed by atoms with Gasteiger partial charge in [0.05, 0.1) is 18.3 Å². The molecule has 0 aliphatic carbocycles. The van der Waals surface area contributed by atoms with Gasteiger partial charge in [-0.3, -0.25) is 9.78 Å². The van der Waals surface area contributed by atoms with Crippen LogP contribution in [-0.4, -0.2) is 23.9 Å². The number of anilines is 1. The second-order valence-corrected chi connectivity index (χ2v) is 4.15. The average Bonchev–Trinajstić information content (AvgIpc) is 2.38. The quantitative estimate of drug-likeness (QED) is 0.868. The summed E-state index contributed by atoms with van der Waals surface area (Å²) in [5.41, 5.74) is 2.22. The minimum atomic E-state index is -0.269. The summed E-state index contributed by atoms with van der Waals surface area (Å²) in [4.78, 5) is 15.8. The van der Waals surface area contributed by atoms with E-state index < -0.39 is 0 Å². The van der Waals surface area contributed by atoms with E-state index in [0.29, 0.717) is 11.4 Å². The molecule has 1 heterocycles. The maximum absolute atomic E-state index is 11.4. The molecule has 0 bridgehead atoms. The van der Waals surface area contributed by atoms with Gasteiger partial charge in [0.15, 0.2) is 0 Å². The number of ether oxygens (including phenoxy) is 1. The molecule has 0 aliphatic heterocycles. The van der Waals surface area contributed by atoms with Crippen LogP contribution in [0.1, 0.15) is 5.69 Å². The fraction of sp³-hybridized carbons (Fsp3) is 0.231. The van der Waals surface area contributed by atoms with Crippen molar-refractivity contribution in [1.82, 2.24) is 4.98 Å². The third-order valence-electron chi connectivity index (χ3n) is 2.54. The van der Waals surface area contributed by atoms with Crippen molar-refractivity contribution < 1.29 is 9.53 Å². The smallest absolute Gasteiger partial charge is 0.239 e. The Labute approximate surface area is 110 Å². The van der Waals surface area contributed by atoms with Crippen molar-refractivity contribution >= 4 is 34.1 Å². The summed E-state index contributed by atoms with van der Waals surface area (Å²) in [5.74, 6) is 0.303. The number of hydrogen-bond acceptors (Lipinski definition) is 3. The molecule has 18 heavy (non-hydrogen) atoms. The van der Waals surface area contributed by atoms with Crippen molar-refractivity contribution in [2.75, 3.05) is 18.3 Å². The Morgan fingerprint density at radius 2 is 2.22 bits per heavy atom. The molecule has 0 radical (unpaired) electrons. The monoisotopic (exact) mass is 264 g/mol. The molecule has 4 nitrogen and oxygen atoms in total. The first-order chi connectivity index (χ1) is 8.63. The van der Waals surface area contributed by atoms with E-state index in [4.69, 9.17) is 16.3 Å². The molecule has 0 saturated carbocycles. The van der Waals surface area contributed by atoms with Crippen LogP contribution in [0.5, 0.6) is 5.75 Å². The molecule has 0 saturated heterocycles. The van der Waals surface area contributed by atoms with Crippen LogP contribution in [0.25, 0.3) is 10.9 Å². The highest BCUT2D eigenvalue weighted by atomic mass is 35.5. The van der Waals surface area contributed by atoms with Crippen molar-refractivity contribution in [1.29, 1.82) is 0 Å². The maximum Gasteiger partial charge on any atom is 0.239 e. The third-order valence-corrected chi connectivity index (χ3v) is 2.78. The van der Waals surface area contributed by atoms with Gasteiger partial charge in [0.25, 0.3) is 0 Å². The minimum Gasteiger partial charge on any atom is -0.497 e. The Morgan fingerprint density at radius 3 is 2.89 bits per heavy atom. The number of methoxy groups -OCH3 is 1. The molecule has 1 amide bonds. The van der Waals surface area contributed by atoms with Crippen molar-refractivity contribution in [3.05, 3.63) is 30.0 Å². The van der Waals surface area contributed by atoms with Crippen LogP contribution >= 0.6 is 11.6 Å². The number of amides is 1. The van der Waals surface area contributed by atoms with Gasteiger partial charge in [-0.05, 0) is 19.1 Å². The van der Waals surface area contributed by atoms with Gasteiger partial charge in [-0.2, -0.15) is 0 Å². The molecule has 0 fully saturated rings. The zero-order valence-corrected chi connectivity index (χ0v) is 10.9. The third kappa shape index (κ3) is 2.54. The van der Waals surface area contributed by atoms with Crippen molar-refractivity contribution in [3.63, 3.8) is 0 Å². The van der Waals surface area contributed by atoms with Gasteiger partial charge < -0.3 is 10.1 Å². The predicted molar refractivity (Wildman–Crippen MR) is 72.4 cm³/mol. The Balaban J connectivity index is 2.59. The van der Waals surface area contributed by atoms with Crippen molar-refractivity contribution in [3.8, 4) is 5.75 Å². The van der Waals surface area contributed by atoms with Crippen LogP contribution in [0.4, 0.5) is 5.69 Å². The van der Waals surface area contributed by atoms with E-state index in [0.717, 1.165) is 16.6 Å². The first kappa shape index (κ1) is 12.6. The molecule has 0 spiro atoms. The molecule has 0 unspecified atom stereocenters. The summed E-state index contributed by atoms with van der Waals surface area (Å²) in [6.07, 6.45) is 0. The topological polar surface area (TPSA) is 51.2 Å². The number of benzene rings is 1. The molecular weight excluding hydrogens is 252 g/mol. The largest absolute Gasteiger partial charge is 0.497 e. The number of hydrogen-bond donors (Lipinski definition) is 1. The van der Waals surface area contributed by atoms with Crippen LogP contribution in [0.2, 0.25) is 0 Å². The van der Waals surface area contributed by atoms with Crippen LogP contribution in [0, 0.1) is 6.92 Å². The number of halogens is 1. The first-order valence-electron chi connectivity index (χ1n) is 5.45. The summed E-state index contributed by atoms with van der Waals surface area (Å²) < 4.78 is 5.20. The number of aromatic nitrogens is 1. The summed E-state index contributed by atoms with van der Waals surface area (Å²) >= 11 is 5.49. The number of aryl methyl sites for hydroxylation is 1. The Hall–Kier alpha value is -1.81. The van der Waals surface area contributed by atoms with Gasteiger partial charge in [0.2, 0.25) is 5.91 Å². The molecule has 5 heteroatoms. The van der Waals surface area contributed by atoms with Gasteiger partial charge in [-0.15, -0.1) is 11.6 Å². The predicted octanol–water partition coefficient (Wildman–Crippen LogP) is 2.73. The molecule has 94 valence electrons. The lowest BCUT2D eigenvalue weighted by molar-refractivity contribution is -0.113. The molecular formula is C13H13ClN2O2. The van der Waals surface area contributed by atoms with Crippen LogP contribution < -0.4 is 10.1 Å². The molecule has 1 aromatic carbocycles. The fourth-order valence-electron chi connectivity index (χ4n) is 1.70. The zero-order valence-electron chi connectivity index (χ0n) is 10.2. The average molecular weight is 265 g/mol. The minimum absolute atomic E-state index is 0.0927. The number of nitrogens with zero attached hydrogens (tertiary/aromatic N) is 1. The summed E-state index contributed by atoms with van der Waals surface area (Å²) in [6.45, 7) is 1.90. The van der Waals surface area contributed by atoms with Gasteiger partial charge in [0, 0.05) is 17.1 Å². The summed E-state index contributed by atoms with van der Waals surface area (Å²) in [7, 11) is 1.58. The number of pyridine rings is 1. The fourth-order valence-corrected chi connectivity index (χ4v) is 1.77. The number of carbonyl (C=O) groups excluding carboxylic acids is 1. The van der Waals surface area contributed by atoms with Crippen LogP contribution in [-0.2, 0) is 4.79 Å². The van der Waals surface area contributed by atoms with Gasteiger partial charge >= 0.3 is 0 Å². The van der Waals surface area contributed by atoms with Gasteiger partial charge in [-0.25, -0.2) is 0 Å².